The van der Waals surface area contributed by atoms with Crippen molar-refractivity contribution in [3.05, 3.63) is 17.7 Å². The number of aromatic nitrogens is 2. The van der Waals surface area contributed by atoms with E-state index in [0.29, 0.717) is 12.1 Å². The Hall–Kier alpha value is -0.830. The Morgan fingerprint density at radius 1 is 1.38 bits per heavy atom. The molecule has 1 aromatic heterocycles. The predicted octanol–water partition coefficient (Wildman–Crippen LogP) is 2.38. The van der Waals surface area contributed by atoms with Crippen molar-refractivity contribution in [1.82, 2.24) is 14.9 Å². The van der Waals surface area contributed by atoms with Gasteiger partial charge in [0.15, 0.2) is 0 Å². The summed E-state index contributed by atoms with van der Waals surface area (Å²) in [7, 11) is 0. The van der Waals surface area contributed by atoms with Gasteiger partial charge in [-0.1, -0.05) is 0 Å². The lowest BCUT2D eigenvalue weighted by atomic mass is 10.0. The lowest BCUT2D eigenvalue weighted by Gasteiger charge is -2.30. The summed E-state index contributed by atoms with van der Waals surface area (Å²) >= 11 is 0. The molecule has 88 valence electrons. The van der Waals surface area contributed by atoms with Crippen LogP contribution in [0.5, 0.6) is 0 Å². The molecule has 2 fully saturated rings. The predicted molar refractivity (Wildman–Crippen MR) is 64.7 cm³/mol. The second kappa shape index (κ2) is 3.88. The first-order valence-electron chi connectivity index (χ1n) is 6.53. The Bertz CT molecular complexity index is 379. The Labute approximate surface area is 97.3 Å². The van der Waals surface area contributed by atoms with E-state index >= 15 is 0 Å². The molecule has 0 spiro atoms. The maximum Gasteiger partial charge on any atom is 0.112 e. The van der Waals surface area contributed by atoms with E-state index in [1.165, 1.54) is 37.2 Å². The quantitative estimate of drug-likeness (QED) is 0.827. The van der Waals surface area contributed by atoms with Gasteiger partial charge in [0.2, 0.25) is 0 Å². The van der Waals surface area contributed by atoms with Crippen molar-refractivity contribution in [3.8, 4) is 0 Å². The van der Waals surface area contributed by atoms with Gasteiger partial charge in [0.05, 0.1) is 5.69 Å². The van der Waals surface area contributed by atoms with Gasteiger partial charge >= 0.3 is 0 Å². The Morgan fingerprint density at radius 3 is 2.88 bits per heavy atom. The summed E-state index contributed by atoms with van der Waals surface area (Å²) < 4.78 is 2.48. The van der Waals surface area contributed by atoms with Crippen LogP contribution < -0.4 is 5.32 Å². The van der Waals surface area contributed by atoms with E-state index in [9.17, 15) is 0 Å². The van der Waals surface area contributed by atoms with Crippen LogP contribution in [0.2, 0.25) is 0 Å². The number of rotatable bonds is 2. The molecule has 1 aliphatic heterocycles. The number of aryl methyl sites for hydroxylation is 1. The number of nitrogens with one attached hydrogen (secondary N) is 1. The van der Waals surface area contributed by atoms with Crippen molar-refractivity contribution in [3.63, 3.8) is 0 Å². The Morgan fingerprint density at radius 2 is 2.19 bits per heavy atom. The molecule has 1 N–H and O–H groups in total. The highest BCUT2D eigenvalue weighted by Crippen LogP contribution is 2.41. The maximum absolute atomic E-state index is 4.72. The van der Waals surface area contributed by atoms with E-state index in [1.54, 1.807) is 0 Å². The monoisotopic (exact) mass is 219 g/mol. The SMILES string of the molecule is Cc1cn(C2CCNC(C)C2)c(C2CC2)n1. The van der Waals surface area contributed by atoms with Crippen LogP contribution in [0.1, 0.15) is 56.1 Å². The van der Waals surface area contributed by atoms with E-state index in [-0.39, 0.29) is 0 Å². The fourth-order valence-electron chi connectivity index (χ4n) is 2.83. The molecule has 3 heteroatoms. The summed E-state index contributed by atoms with van der Waals surface area (Å²) in [5.74, 6) is 2.12. The molecule has 1 saturated carbocycles. The average molecular weight is 219 g/mol. The lowest BCUT2D eigenvalue weighted by molar-refractivity contribution is 0.308. The zero-order valence-corrected chi connectivity index (χ0v) is 10.2. The van der Waals surface area contributed by atoms with Gasteiger partial charge in [0.1, 0.15) is 5.82 Å². The van der Waals surface area contributed by atoms with Gasteiger partial charge in [0, 0.05) is 24.2 Å². The second-order valence-electron chi connectivity index (χ2n) is 5.46. The molecule has 1 aromatic rings. The van der Waals surface area contributed by atoms with Crippen molar-refractivity contribution in [2.24, 2.45) is 0 Å². The van der Waals surface area contributed by atoms with Crippen LogP contribution in [-0.2, 0) is 0 Å². The van der Waals surface area contributed by atoms with E-state index in [2.05, 4.69) is 29.9 Å². The van der Waals surface area contributed by atoms with Gasteiger partial charge in [-0.3, -0.25) is 0 Å². The smallest absolute Gasteiger partial charge is 0.112 e. The lowest BCUT2D eigenvalue weighted by Crippen LogP contribution is -2.36. The minimum Gasteiger partial charge on any atom is -0.331 e. The zero-order chi connectivity index (χ0) is 11.1. The highest BCUT2D eigenvalue weighted by Gasteiger charge is 2.31. The van der Waals surface area contributed by atoms with Gasteiger partial charge in [-0.05, 0) is 46.1 Å². The minimum atomic E-state index is 0.647. The normalized spacial score (nSPS) is 30.6. The Kier molecular flexibility index (Phi) is 2.51. The maximum atomic E-state index is 4.72. The highest BCUT2D eigenvalue weighted by molar-refractivity contribution is 5.13. The van der Waals surface area contributed by atoms with Crippen LogP contribution in [0.3, 0.4) is 0 Å². The van der Waals surface area contributed by atoms with Crippen LogP contribution >= 0.6 is 0 Å². The third kappa shape index (κ3) is 1.88. The molecule has 3 rings (SSSR count). The number of hydrogen-bond acceptors (Lipinski definition) is 2. The average Bonchev–Trinajstić information content (AvgIpc) is 3.02. The van der Waals surface area contributed by atoms with E-state index in [1.807, 2.05) is 0 Å². The molecule has 2 atom stereocenters. The Balaban J connectivity index is 1.86. The largest absolute Gasteiger partial charge is 0.331 e. The van der Waals surface area contributed by atoms with Crippen molar-refractivity contribution in [2.45, 2.75) is 57.5 Å². The van der Waals surface area contributed by atoms with Gasteiger partial charge in [-0.15, -0.1) is 0 Å². The minimum absolute atomic E-state index is 0.647. The molecule has 1 aliphatic carbocycles. The number of nitrogens with zero attached hydrogens (tertiary/aromatic N) is 2. The summed E-state index contributed by atoms with van der Waals surface area (Å²) in [6.45, 7) is 5.55. The van der Waals surface area contributed by atoms with E-state index < -0.39 is 0 Å². The molecule has 3 nitrogen and oxygen atoms in total. The third-order valence-electron chi connectivity index (χ3n) is 3.81. The molecule has 16 heavy (non-hydrogen) atoms. The third-order valence-corrected chi connectivity index (χ3v) is 3.81. The van der Waals surface area contributed by atoms with Crippen molar-refractivity contribution < 1.29 is 0 Å². The van der Waals surface area contributed by atoms with Crippen LogP contribution in [0.15, 0.2) is 6.20 Å². The molecule has 1 saturated heterocycles. The summed E-state index contributed by atoms with van der Waals surface area (Å²) in [6.07, 6.45) is 7.44. The first-order chi connectivity index (χ1) is 7.74. The molecular formula is C13H21N3. The molecule has 0 radical (unpaired) electrons. The van der Waals surface area contributed by atoms with Crippen molar-refractivity contribution in [1.29, 1.82) is 0 Å². The topological polar surface area (TPSA) is 29.9 Å². The molecular weight excluding hydrogens is 198 g/mol. The fourth-order valence-corrected chi connectivity index (χ4v) is 2.83. The van der Waals surface area contributed by atoms with Gasteiger partial charge < -0.3 is 9.88 Å². The molecule has 2 aliphatic rings. The standard InChI is InChI=1S/C13H21N3/c1-9-7-12(5-6-14-9)16-8-10(2)15-13(16)11-3-4-11/h8-9,11-12,14H,3-7H2,1-2H3. The second-order valence-corrected chi connectivity index (χ2v) is 5.46. The van der Waals surface area contributed by atoms with Crippen LogP contribution in [0.25, 0.3) is 0 Å². The van der Waals surface area contributed by atoms with Crippen LogP contribution in [0, 0.1) is 6.92 Å². The first kappa shape index (κ1) is 10.3. The molecule has 0 amide bonds. The fraction of sp³-hybridized carbons (Fsp3) is 0.769. The van der Waals surface area contributed by atoms with Gasteiger partial charge in [0.25, 0.3) is 0 Å². The van der Waals surface area contributed by atoms with Gasteiger partial charge in [-0.2, -0.15) is 0 Å². The zero-order valence-electron chi connectivity index (χ0n) is 10.2. The molecule has 0 bridgehead atoms. The summed E-state index contributed by atoms with van der Waals surface area (Å²) in [5, 5.41) is 3.52. The van der Waals surface area contributed by atoms with Gasteiger partial charge in [-0.25, -0.2) is 4.98 Å². The molecule has 2 heterocycles. The number of piperidine rings is 1. The summed E-state index contributed by atoms with van der Waals surface area (Å²) in [5.41, 5.74) is 1.19. The van der Waals surface area contributed by atoms with Crippen molar-refractivity contribution >= 4 is 0 Å². The first-order valence-corrected chi connectivity index (χ1v) is 6.53. The van der Waals surface area contributed by atoms with Crippen molar-refractivity contribution in [2.75, 3.05) is 6.54 Å². The molecule has 0 aromatic carbocycles. The number of imidazole rings is 1. The number of hydrogen-bond donors (Lipinski definition) is 1. The summed E-state index contributed by atoms with van der Waals surface area (Å²) in [4.78, 5) is 4.72. The van der Waals surface area contributed by atoms with E-state index in [0.717, 1.165) is 12.5 Å². The highest BCUT2D eigenvalue weighted by atomic mass is 15.1. The summed E-state index contributed by atoms with van der Waals surface area (Å²) in [6, 6.07) is 1.32. The van der Waals surface area contributed by atoms with Crippen LogP contribution in [-0.4, -0.2) is 22.1 Å². The van der Waals surface area contributed by atoms with Crippen LogP contribution in [0.4, 0.5) is 0 Å². The molecule has 2 unspecified atom stereocenters. The van der Waals surface area contributed by atoms with E-state index in [4.69, 9.17) is 4.98 Å².